The van der Waals surface area contributed by atoms with Crippen LogP contribution < -0.4 is 16.4 Å². The molecule has 1 heterocycles. The number of halogens is 3. The summed E-state index contributed by atoms with van der Waals surface area (Å²) in [6.07, 6.45) is -3.62. The Balaban J connectivity index is 2.15. The van der Waals surface area contributed by atoms with Gasteiger partial charge in [-0.3, -0.25) is 0 Å². The van der Waals surface area contributed by atoms with Gasteiger partial charge in [-0.1, -0.05) is 24.6 Å². The Kier molecular flexibility index (Phi) is 7.39. The first-order valence-electron chi connectivity index (χ1n) is 8.77. The van der Waals surface area contributed by atoms with Crippen LogP contribution in [0.5, 0.6) is 0 Å². The minimum Gasteiger partial charge on any atom is -0.373 e. The lowest BCUT2D eigenvalue weighted by Gasteiger charge is -2.15. The molecule has 0 aliphatic carbocycles. The zero-order valence-corrected chi connectivity index (χ0v) is 16.0. The average molecular weight is 401 g/mol. The van der Waals surface area contributed by atoms with Crippen LogP contribution in [-0.2, 0) is 6.42 Å². The number of nitrogens with zero attached hydrogens (tertiary/aromatic N) is 1. The number of rotatable bonds is 7. The van der Waals surface area contributed by atoms with E-state index < -0.39 is 12.6 Å². The van der Waals surface area contributed by atoms with Crippen LogP contribution in [0, 0.1) is 24.2 Å². The molecule has 0 atom stereocenters. The highest BCUT2D eigenvalue weighted by atomic mass is 19.4. The summed E-state index contributed by atoms with van der Waals surface area (Å²) in [7, 11) is 0. The van der Waals surface area contributed by atoms with Gasteiger partial charge in [0.2, 0.25) is 0 Å². The van der Waals surface area contributed by atoms with Crippen molar-refractivity contribution in [1.82, 2.24) is 10.3 Å². The highest BCUT2D eigenvalue weighted by Crippen LogP contribution is 2.25. The van der Waals surface area contributed by atoms with Gasteiger partial charge in [0.05, 0.1) is 30.9 Å². The fourth-order valence-electron chi connectivity index (χ4n) is 2.59. The van der Waals surface area contributed by atoms with E-state index in [9.17, 15) is 13.2 Å². The molecule has 0 aliphatic rings. The number of allylic oxidation sites excluding steroid dienone is 1. The molecule has 0 saturated heterocycles. The van der Waals surface area contributed by atoms with Crippen molar-refractivity contribution >= 4 is 17.2 Å². The molecule has 0 radical (unpaired) electrons. The van der Waals surface area contributed by atoms with Crippen LogP contribution in [0.3, 0.4) is 0 Å². The first-order chi connectivity index (χ1) is 13.7. The second-order valence-corrected chi connectivity index (χ2v) is 6.28. The summed E-state index contributed by atoms with van der Waals surface area (Å²) in [4.78, 5) is 4.29. The lowest BCUT2D eigenvalue weighted by atomic mass is 10.0. The third kappa shape index (κ3) is 6.97. The van der Waals surface area contributed by atoms with Crippen LogP contribution in [-0.4, -0.2) is 30.0 Å². The Hall–Kier alpha value is -3.31. The Labute approximate surface area is 167 Å². The molecule has 0 fully saturated rings. The lowest BCUT2D eigenvalue weighted by Crippen LogP contribution is -2.23. The van der Waals surface area contributed by atoms with E-state index in [2.05, 4.69) is 34.0 Å². The summed E-state index contributed by atoms with van der Waals surface area (Å²) >= 11 is 0. The molecular weight excluding hydrogens is 379 g/mol. The zero-order chi connectivity index (χ0) is 21.4. The van der Waals surface area contributed by atoms with Crippen LogP contribution in [0.1, 0.15) is 16.7 Å². The van der Waals surface area contributed by atoms with Gasteiger partial charge in [-0.15, -0.1) is 0 Å². The fourth-order valence-corrected chi connectivity index (χ4v) is 2.59. The van der Waals surface area contributed by atoms with Gasteiger partial charge in [0.25, 0.3) is 0 Å². The zero-order valence-electron chi connectivity index (χ0n) is 16.0. The quantitative estimate of drug-likeness (QED) is 0.421. The SMILES string of the molecule is C=C(C#CCN)NCC(=N)c1c(C)ccnc1Nc1ccc(CC(F)(F)F)cc1. The Morgan fingerprint density at radius 1 is 1.24 bits per heavy atom. The highest BCUT2D eigenvalue weighted by Gasteiger charge is 2.27. The van der Waals surface area contributed by atoms with Gasteiger partial charge in [-0.25, -0.2) is 4.98 Å². The molecule has 1 aromatic carbocycles. The van der Waals surface area contributed by atoms with Gasteiger partial charge in [0.1, 0.15) is 5.82 Å². The minimum atomic E-state index is -4.25. The summed E-state index contributed by atoms with van der Waals surface area (Å²) < 4.78 is 37.5. The average Bonchev–Trinajstić information content (AvgIpc) is 2.65. The number of aromatic nitrogens is 1. The Morgan fingerprint density at radius 2 is 1.93 bits per heavy atom. The van der Waals surface area contributed by atoms with Gasteiger partial charge in [0, 0.05) is 17.4 Å². The maximum Gasteiger partial charge on any atom is 0.393 e. The molecule has 0 amide bonds. The second-order valence-electron chi connectivity index (χ2n) is 6.28. The molecule has 0 spiro atoms. The van der Waals surface area contributed by atoms with E-state index in [1.54, 1.807) is 24.4 Å². The van der Waals surface area contributed by atoms with Crippen LogP contribution >= 0.6 is 0 Å². The first-order valence-corrected chi connectivity index (χ1v) is 8.77. The maximum absolute atomic E-state index is 12.5. The van der Waals surface area contributed by atoms with Crippen LogP contribution in [0.4, 0.5) is 24.7 Å². The summed E-state index contributed by atoms with van der Waals surface area (Å²) in [5.41, 5.74) is 8.23. The number of hydrogen-bond acceptors (Lipinski definition) is 5. The fraction of sp³-hybridized carbons (Fsp3) is 0.238. The second kappa shape index (κ2) is 9.75. The van der Waals surface area contributed by atoms with Crippen LogP contribution in [0.2, 0.25) is 0 Å². The molecule has 2 aromatic rings. The molecule has 2 rings (SSSR count). The molecule has 0 aliphatic heterocycles. The molecule has 0 unspecified atom stereocenters. The van der Waals surface area contributed by atoms with Crippen molar-refractivity contribution in [1.29, 1.82) is 5.41 Å². The minimum absolute atomic E-state index is 0.175. The van der Waals surface area contributed by atoms with Gasteiger partial charge in [-0.05, 0) is 42.2 Å². The molecule has 0 bridgehead atoms. The molecular formula is C21H22F3N5. The lowest BCUT2D eigenvalue weighted by molar-refractivity contribution is -0.127. The van der Waals surface area contributed by atoms with Gasteiger partial charge in [0.15, 0.2) is 0 Å². The maximum atomic E-state index is 12.5. The number of anilines is 2. The van der Waals surface area contributed by atoms with Gasteiger partial charge in [-0.2, -0.15) is 13.2 Å². The molecule has 152 valence electrons. The van der Waals surface area contributed by atoms with Crippen molar-refractivity contribution in [2.24, 2.45) is 5.73 Å². The smallest absolute Gasteiger partial charge is 0.373 e. The normalized spacial score (nSPS) is 10.7. The largest absolute Gasteiger partial charge is 0.393 e. The molecule has 5 nitrogen and oxygen atoms in total. The molecule has 8 heteroatoms. The number of alkyl halides is 3. The van der Waals surface area contributed by atoms with E-state index in [-0.39, 0.29) is 24.4 Å². The summed E-state index contributed by atoms with van der Waals surface area (Å²) in [6.45, 7) is 6.01. The van der Waals surface area contributed by atoms with Crippen molar-refractivity contribution in [3.05, 3.63) is 65.5 Å². The van der Waals surface area contributed by atoms with Crippen molar-refractivity contribution in [2.75, 3.05) is 18.4 Å². The van der Waals surface area contributed by atoms with E-state index in [1.165, 1.54) is 12.1 Å². The predicted octanol–water partition coefficient (Wildman–Crippen LogP) is 3.67. The predicted molar refractivity (Wildman–Crippen MR) is 109 cm³/mol. The number of pyridine rings is 1. The molecule has 29 heavy (non-hydrogen) atoms. The van der Waals surface area contributed by atoms with Crippen LogP contribution in [0.15, 0.2) is 48.8 Å². The molecule has 5 N–H and O–H groups in total. The van der Waals surface area contributed by atoms with Crippen molar-refractivity contribution in [3.8, 4) is 11.8 Å². The number of nitrogens with two attached hydrogens (primary N) is 1. The summed E-state index contributed by atoms with van der Waals surface area (Å²) in [6, 6.07) is 7.73. The molecule has 0 saturated carbocycles. The van der Waals surface area contributed by atoms with Crippen LogP contribution in [0.25, 0.3) is 0 Å². The van der Waals surface area contributed by atoms with E-state index in [0.29, 0.717) is 22.8 Å². The van der Waals surface area contributed by atoms with Crippen molar-refractivity contribution in [3.63, 3.8) is 0 Å². The third-order valence-corrected chi connectivity index (χ3v) is 3.90. The van der Waals surface area contributed by atoms with E-state index in [1.807, 2.05) is 6.92 Å². The first kappa shape index (κ1) is 22.0. The van der Waals surface area contributed by atoms with Gasteiger partial charge >= 0.3 is 6.18 Å². The van der Waals surface area contributed by atoms with Crippen molar-refractivity contribution in [2.45, 2.75) is 19.5 Å². The Bertz CT molecular complexity index is 938. The van der Waals surface area contributed by atoms with E-state index >= 15 is 0 Å². The topological polar surface area (TPSA) is 86.8 Å². The number of benzene rings is 1. The number of nitrogens with one attached hydrogen (secondary N) is 3. The van der Waals surface area contributed by atoms with E-state index in [0.717, 1.165) is 5.56 Å². The van der Waals surface area contributed by atoms with Crippen molar-refractivity contribution < 1.29 is 13.2 Å². The van der Waals surface area contributed by atoms with Gasteiger partial charge < -0.3 is 21.8 Å². The Morgan fingerprint density at radius 3 is 2.55 bits per heavy atom. The standard InChI is InChI=1S/C21H22F3N5/c1-14-9-11-27-20(19(14)18(26)13-28-15(2)4-3-10-25)29-17-7-5-16(6-8-17)12-21(22,23)24/h5-9,11,26,28H,2,10,12-13,25H2,1H3,(H,27,29). The van der Waals surface area contributed by atoms with E-state index in [4.69, 9.17) is 11.1 Å². The molecule has 1 aromatic heterocycles. The highest BCUT2D eigenvalue weighted by molar-refractivity contribution is 6.05. The third-order valence-electron chi connectivity index (χ3n) is 3.90. The summed E-state index contributed by atoms with van der Waals surface area (Å²) in [5.74, 6) is 5.87. The number of hydrogen-bond donors (Lipinski definition) is 4. The number of aryl methyl sites for hydroxylation is 1. The monoisotopic (exact) mass is 401 g/mol. The summed E-state index contributed by atoms with van der Waals surface area (Å²) in [5, 5.41) is 14.4.